The van der Waals surface area contributed by atoms with Crippen molar-refractivity contribution >= 4 is 0 Å². The predicted octanol–water partition coefficient (Wildman–Crippen LogP) is 0.865. The zero-order valence-corrected chi connectivity index (χ0v) is 6.33. The summed E-state index contributed by atoms with van der Waals surface area (Å²) in [6.45, 7) is 1.93. The maximum atomic E-state index is 9.34. The highest BCUT2D eigenvalue weighted by Crippen LogP contribution is 2.28. The van der Waals surface area contributed by atoms with E-state index in [1.165, 1.54) is 6.07 Å². The molecule has 0 bridgehead atoms. The van der Waals surface area contributed by atoms with Gasteiger partial charge in [-0.25, -0.2) is 0 Å². The van der Waals surface area contributed by atoms with Crippen molar-refractivity contribution < 1.29 is 10.2 Å². The first-order valence-electron chi connectivity index (χ1n) is 3.37. The van der Waals surface area contributed by atoms with E-state index in [4.69, 9.17) is 10.8 Å². The van der Waals surface area contributed by atoms with Crippen LogP contribution in [0.1, 0.15) is 11.1 Å². The van der Waals surface area contributed by atoms with Gasteiger partial charge >= 0.3 is 0 Å². The van der Waals surface area contributed by atoms with Crippen LogP contribution in [0, 0.1) is 6.92 Å². The van der Waals surface area contributed by atoms with Crippen LogP contribution < -0.4 is 5.73 Å². The highest BCUT2D eigenvalue weighted by molar-refractivity contribution is 5.47. The van der Waals surface area contributed by atoms with Crippen molar-refractivity contribution in [2.24, 2.45) is 5.73 Å². The molecule has 0 heterocycles. The Balaban J connectivity index is 3.25. The van der Waals surface area contributed by atoms with E-state index in [1.54, 1.807) is 13.0 Å². The lowest BCUT2D eigenvalue weighted by Gasteiger charge is -2.05. The monoisotopic (exact) mass is 153 g/mol. The number of aromatic hydroxyl groups is 2. The Labute approximate surface area is 65.1 Å². The minimum Gasteiger partial charge on any atom is -0.508 e. The number of benzene rings is 1. The summed E-state index contributed by atoms with van der Waals surface area (Å²) >= 11 is 0. The lowest BCUT2D eigenvalue weighted by atomic mass is 10.1. The van der Waals surface area contributed by atoms with E-state index in [1.807, 2.05) is 0 Å². The molecule has 1 aromatic rings. The van der Waals surface area contributed by atoms with Crippen LogP contribution in [0.25, 0.3) is 0 Å². The van der Waals surface area contributed by atoms with Crippen molar-refractivity contribution in [2.75, 3.05) is 0 Å². The van der Waals surface area contributed by atoms with Gasteiger partial charge in [-0.15, -0.1) is 0 Å². The van der Waals surface area contributed by atoms with Crippen LogP contribution in [0.5, 0.6) is 11.5 Å². The Morgan fingerprint density at radius 3 is 2.55 bits per heavy atom. The van der Waals surface area contributed by atoms with Crippen LogP contribution in [0.15, 0.2) is 12.1 Å². The van der Waals surface area contributed by atoms with Gasteiger partial charge < -0.3 is 15.9 Å². The molecule has 3 nitrogen and oxygen atoms in total. The van der Waals surface area contributed by atoms with E-state index in [2.05, 4.69) is 0 Å². The van der Waals surface area contributed by atoms with Gasteiger partial charge in [-0.3, -0.25) is 0 Å². The fraction of sp³-hybridized carbons (Fsp3) is 0.250. The van der Waals surface area contributed by atoms with Gasteiger partial charge in [0, 0.05) is 17.7 Å². The fourth-order valence-electron chi connectivity index (χ4n) is 0.910. The molecule has 0 unspecified atom stereocenters. The standard InChI is InChI=1S/C8H11NO2/c1-5-7(10)3-2-6(4-9)8(5)11/h2-3,10-11H,4,9H2,1H3. The SMILES string of the molecule is Cc1c(O)ccc(CN)c1O. The molecule has 1 rings (SSSR count). The molecule has 1 aromatic carbocycles. The van der Waals surface area contributed by atoms with Crippen molar-refractivity contribution in [3.63, 3.8) is 0 Å². The zero-order chi connectivity index (χ0) is 8.43. The smallest absolute Gasteiger partial charge is 0.126 e. The molecule has 0 aliphatic rings. The van der Waals surface area contributed by atoms with Crippen molar-refractivity contribution in [3.8, 4) is 11.5 Å². The summed E-state index contributed by atoms with van der Waals surface area (Å²) < 4.78 is 0. The lowest BCUT2D eigenvalue weighted by Crippen LogP contribution is -1.97. The Hall–Kier alpha value is -1.22. The first kappa shape index (κ1) is 7.88. The molecule has 0 spiro atoms. The second-order valence-electron chi connectivity index (χ2n) is 2.42. The molecular weight excluding hydrogens is 142 g/mol. The number of rotatable bonds is 1. The van der Waals surface area contributed by atoms with Gasteiger partial charge in [0.25, 0.3) is 0 Å². The number of phenols is 2. The quantitative estimate of drug-likeness (QED) is 0.560. The van der Waals surface area contributed by atoms with Gasteiger partial charge in [-0.1, -0.05) is 6.07 Å². The van der Waals surface area contributed by atoms with Gasteiger partial charge in [-0.05, 0) is 13.0 Å². The molecule has 0 fully saturated rings. The van der Waals surface area contributed by atoms with Crippen molar-refractivity contribution in [2.45, 2.75) is 13.5 Å². The van der Waals surface area contributed by atoms with Gasteiger partial charge in [0.2, 0.25) is 0 Å². The van der Waals surface area contributed by atoms with Gasteiger partial charge in [0.05, 0.1) is 0 Å². The number of nitrogens with two attached hydrogens (primary N) is 1. The van der Waals surface area contributed by atoms with Crippen LogP contribution in [0.4, 0.5) is 0 Å². The van der Waals surface area contributed by atoms with Crippen LogP contribution >= 0.6 is 0 Å². The van der Waals surface area contributed by atoms with E-state index in [9.17, 15) is 5.11 Å². The molecule has 0 amide bonds. The minimum absolute atomic E-state index is 0.0903. The summed E-state index contributed by atoms with van der Waals surface area (Å²) in [5, 5.41) is 18.5. The average molecular weight is 153 g/mol. The summed E-state index contributed by atoms with van der Waals surface area (Å²) in [7, 11) is 0. The van der Waals surface area contributed by atoms with Crippen LogP contribution in [-0.4, -0.2) is 10.2 Å². The van der Waals surface area contributed by atoms with Gasteiger partial charge in [0.15, 0.2) is 0 Å². The third-order valence-corrected chi connectivity index (χ3v) is 1.71. The summed E-state index contributed by atoms with van der Waals surface area (Å²) in [5.74, 6) is 0.187. The zero-order valence-electron chi connectivity index (χ0n) is 6.33. The first-order chi connectivity index (χ1) is 5.16. The molecule has 0 aromatic heterocycles. The Bertz CT molecular complexity index is 271. The summed E-state index contributed by atoms with van der Waals surface area (Å²) in [5.41, 5.74) is 6.46. The minimum atomic E-state index is 0.0903. The predicted molar refractivity (Wildman–Crippen MR) is 42.4 cm³/mol. The second-order valence-corrected chi connectivity index (χ2v) is 2.42. The van der Waals surface area contributed by atoms with Crippen LogP contribution in [-0.2, 0) is 6.54 Å². The lowest BCUT2D eigenvalue weighted by molar-refractivity contribution is 0.439. The summed E-state index contributed by atoms with van der Waals surface area (Å²) in [6, 6.07) is 3.13. The third kappa shape index (κ3) is 1.28. The Kier molecular flexibility index (Phi) is 2.01. The second kappa shape index (κ2) is 2.80. The Morgan fingerprint density at radius 2 is 2.00 bits per heavy atom. The Morgan fingerprint density at radius 1 is 1.36 bits per heavy atom. The van der Waals surface area contributed by atoms with E-state index in [0.29, 0.717) is 11.1 Å². The molecule has 0 atom stereocenters. The molecule has 0 saturated heterocycles. The van der Waals surface area contributed by atoms with Gasteiger partial charge in [0.1, 0.15) is 11.5 Å². The summed E-state index contributed by atoms with van der Waals surface area (Å²) in [6.07, 6.45) is 0. The molecule has 0 saturated carbocycles. The molecule has 0 aliphatic carbocycles. The number of phenolic OH excluding ortho intramolecular Hbond substituents is 2. The molecule has 3 heteroatoms. The van der Waals surface area contributed by atoms with Crippen molar-refractivity contribution in [3.05, 3.63) is 23.3 Å². The van der Waals surface area contributed by atoms with Crippen molar-refractivity contribution in [1.82, 2.24) is 0 Å². The highest BCUT2D eigenvalue weighted by atomic mass is 16.3. The largest absolute Gasteiger partial charge is 0.508 e. The average Bonchev–Trinajstić information content (AvgIpc) is 2.01. The molecule has 4 N–H and O–H groups in total. The maximum Gasteiger partial charge on any atom is 0.126 e. The fourth-order valence-corrected chi connectivity index (χ4v) is 0.910. The summed E-state index contributed by atoms with van der Waals surface area (Å²) in [4.78, 5) is 0. The third-order valence-electron chi connectivity index (χ3n) is 1.71. The molecule has 0 aliphatic heterocycles. The number of hydrogen-bond acceptors (Lipinski definition) is 3. The molecule has 11 heavy (non-hydrogen) atoms. The van der Waals surface area contributed by atoms with E-state index in [0.717, 1.165) is 0 Å². The van der Waals surface area contributed by atoms with E-state index < -0.39 is 0 Å². The van der Waals surface area contributed by atoms with Crippen LogP contribution in [0.3, 0.4) is 0 Å². The van der Waals surface area contributed by atoms with Crippen molar-refractivity contribution in [1.29, 1.82) is 0 Å². The molecular formula is C8H11NO2. The van der Waals surface area contributed by atoms with E-state index in [-0.39, 0.29) is 18.0 Å². The van der Waals surface area contributed by atoms with Crippen LogP contribution in [0.2, 0.25) is 0 Å². The van der Waals surface area contributed by atoms with Gasteiger partial charge in [-0.2, -0.15) is 0 Å². The van der Waals surface area contributed by atoms with E-state index >= 15 is 0 Å². The normalized spacial score (nSPS) is 10.0. The first-order valence-corrected chi connectivity index (χ1v) is 3.37. The molecule has 60 valence electrons. The topological polar surface area (TPSA) is 66.5 Å². The molecule has 0 radical (unpaired) electrons. The highest BCUT2D eigenvalue weighted by Gasteiger charge is 2.05. The maximum absolute atomic E-state index is 9.34. The number of hydrogen-bond donors (Lipinski definition) is 3.